The maximum absolute atomic E-state index is 12.8. The van der Waals surface area contributed by atoms with Crippen molar-refractivity contribution in [3.05, 3.63) is 88.4 Å². The average Bonchev–Trinajstić information content (AvgIpc) is 2.69. The number of hydrogen-bond donors (Lipinski definition) is 2. The Morgan fingerprint density at radius 1 is 0.889 bits per heavy atom. The van der Waals surface area contributed by atoms with Crippen LogP contribution in [0.25, 0.3) is 0 Å². The van der Waals surface area contributed by atoms with Crippen molar-refractivity contribution in [3.8, 4) is 0 Å². The number of halogens is 1. The van der Waals surface area contributed by atoms with Gasteiger partial charge in [0.25, 0.3) is 0 Å². The summed E-state index contributed by atoms with van der Waals surface area (Å²) < 4.78 is 4.85. The number of carbonyl (C=O) groups is 2. The number of benzene rings is 3. The van der Waals surface area contributed by atoms with E-state index in [0.717, 1.165) is 5.69 Å². The number of ether oxygens (including phenoxy) is 1. The number of anilines is 3. The number of esters is 1. The van der Waals surface area contributed by atoms with Crippen molar-refractivity contribution in [2.45, 2.75) is 0 Å². The van der Waals surface area contributed by atoms with Gasteiger partial charge >= 0.3 is 5.97 Å². The second kappa shape index (κ2) is 7.93. The van der Waals surface area contributed by atoms with E-state index in [4.69, 9.17) is 22.1 Å². The Hall–Kier alpha value is -3.31. The molecule has 0 aliphatic heterocycles. The monoisotopic (exact) mass is 380 g/mol. The summed E-state index contributed by atoms with van der Waals surface area (Å²) in [5.74, 6) is -0.873. The molecule has 27 heavy (non-hydrogen) atoms. The molecular weight excluding hydrogens is 364 g/mol. The first-order valence-electron chi connectivity index (χ1n) is 8.13. The molecule has 0 saturated heterocycles. The van der Waals surface area contributed by atoms with Gasteiger partial charge in [-0.2, -0.15) is 0 Å². The van der Waals surface area contributed by atoms with Crippen LogP contribution < -0.4 is 11.1 Å². The number of ketones is 1. The Morgan fingerprint density at radius 3 is 2.15 bits per heavy atom. The smallest absolute Gasteiger partial charge is 0.338 e. The fraction of sp³-hybridized carbons (Fsp3) is 0.0476. The first kappa shape index (κ1) is 18.5. The summed E-state index contributed by atoms with van der Waals surface area (Å²) in [4.78, 5) is 25.1. The molecule has 0 aromatic heterocycles. The average molecular weight is 381 g/mol. The van der Waals surface area contributed by atoms with E-state index < -0.39 is 5.97 Å². The Morgan fingerprint density at radius 2 is 1.52 bits per heavy atom. The van der Waals surface area contributed by atoms with Gasteiger partial charge in [0.1, 0.15) is 0 Å². The number of carbonyl (C=O) groups excluding carboxylic acids is 2. The van der Waals surface area contributed by atoms with E-state index in [2.05, 4.69) is 5.32 Å². The Bertz CT molecular complexity index is 983. The SMILES string of the molecule is COC(=O)c1cc(Nc2ccc(Cl)cc2)ccc1C(=O)c1ccc(N)cc1. The molecule has 5 nitrogen and oxygen atoms in total. The van der Waals surface area contributed by atoms with Gasteiger partial charge in [-0.05, 0) is 66.7 Å². The summed E-state index contributed by atoms with van der Waals surface area (Å²) in [6.45, 7) is 0. The van der Waals surface area contributed by atoms with E-state index >= 15 is 0 Å². The maximum Gasteiger partial charge on any atom is 0.338 e. The Kier molecular flexibility index (Phi) is 5.43. The van der Waals surface area contributed by atoms with Gasteiger partial charge in [0.15, 0.2) is 5.78 Å². The summed E-state index contributed by atoms with van der Waals surface area (Å²) in [6.07, 6.45) is 0. The standard InChI is InChI=1S/C21H17ClN2O3/c1-27-21(26)19-12-17(24-16-8-4-14(22)5-9-16)10-11-18(19)20(25)13-2-6-15(23)7-3-13/h2-12,24H,23H2,1H3. The van der Waals surface area contributed by atoms with Crippen LogP contribution in [0.5, 0.6) is 0 Å². The summed E-state index contributed by atoms with van der Waals surface area (Å²) in [5.41, 5.74) is 8.54. The van der Waals surface area contributed by atoms with Crippen LogP contribution in [0.2, 0.25) is 5.02 Å². The zero-order valence-corrected chi connectivity index (χ0v) is 15.3. The highest BCUT2D eigenvalue weighted by atomic mass is 35.5. The van der Waals surface area contributed by atoms with Gasteiger partial charge in [0, 0.05) is 33.2 Å². The molecule has 0 saturated carbocycles. The quantitative estimate of drug-likeness (QED) is 0.381. The molecule has 0 atom stereocenters. The summed E-state index contributed by atoms with van der Waals surface area (Å²) in [6, 6.07) is 18.6. The highest BCUT2D eigenvalue weighted by Gasteiger charge is 2.19. The normalized spacial score (nSPS) is 10.3. The van der Waals surface area contributed by atoms with Gasteiger partial charge in [-0.25, -0.2) is 4.79 Å². The molecule has 0 bridgehead atoms. The molecule has 3 N–H and O–H groups in total. The minimum atomic E-state index is -0.589. The lowest BCUT2D eigenvalue weighted by Gasteiger charge is -2.12. The fourth-order valence-corrected chi connectivity index (χ4v) is 2.71. The van der Waals surface area contributed by atoms with Crippen LogP contribution in [0.3, 0.4) is 0 Å². The van der Waals surface area contributed by atoms with Crippen molar-refractivity contribution in [2.75, 3.05) is 18.2 Å². The molecule has 3 aromatic carbocycles. The van der Waals surface area contributed by atoms with Crippen LogP contribution in [-0.4, -0.2) is 18.9 Å². The van der Waals surface area contributed by atoms with Gasteiger partial charge in [-0.3, -0.25) is 4.79 Å². The molecule has 3 aromatic rings. The maximum atomic E-state index is 12.8. The van der Waals surface area contributed by atoms with Crippen molar-refractivity contribution in [3.63, 3.8) is 0 Å². The molecule has 0 unspecified atom stereocenters. The third kappa shape index (κ3) is 4.27. The second-order valence-corrected chi connectivity index (χ2v) is 6.27. The number of rotatable bonds is 5. The lowest BCUT2D eigenvalue weighted by molar-refractivity contribution is 0.0597. The van der Waals surface area contributed by atoms with Crippen molar-refractivity contribution < 1.29 is 14.3 Å². The molecule has 0 amide bonds. The zero-order valence-electron chi connectivity index (χ0n) is 14.5. The highest BCUT2D eigenvalue weighted by Crippen LogP contribution is 2.24. The molecule has 6 heteroatoms. The lowest BCUT2D eigenvalue weighted by atomic mass is 9.97. The van der Waals surface area contributed by atoms with Crippen molar-refractivity contribution in [2.24, 2.45) is 0 Å². The zero-order chi connectivity index (χ0) is 19.4. The van der Waals surface area contributed by atoms with E-state index in [1.807, 2.05) is 12.1 Å². The minimum Gasteiger partial charge on any atom is -0.465 e. The van der Waals surface area contributed by atoms with E-state index in [1.54, 1.807) is 54.6 Å². The van der Waals surface area contributed by atoms with Crippen molar-refractivity contribution in [1.82, 2.24) is 0 Å². The molecular formula is C21H17ClN2O3. The summed E-state index contributed by atoms with van der Waals surface area (Å²) in [7, 11) is 1.28. The molecule has 136 valence electrons. The first-order valence-corrected chi connectivity index (χ1v) is 8.51. The van der Waals surface area contributed by atoms with Gasteiger partial charge < -0.3 is 15.8 Å². The lowest BCUT2D eigenvalue weighted by Crippen LogP contribution is -2.12. The van der Waals surface area contributed by atoms with Gasteiger partial charge in [-0.1, -0.05) is 11.6 Å². The second-order valence-electron chi connectivity index (χ2n) is 5.83. The molecule has 0 radical (unpaired) electrons. The number of nitrogens with two attached hydrogens (primary N) is 1. The van der Waals surface area contributed by atoms with Gasteiger partial charge in [0.05, 0.1) is 12.7 Å². The van der Waals surface area contributed by atoms with Crippen LogP contribution in [0.15, 0.2) is 66.7 Å². The van der Waals surface area contributed by atoms with E-state index in [1.165, 1.54) is 7.11 Å². The topological polar surface area (TPSA) is 81.4 Å². The molecule has 0 spiro atoms. The van der Waals surface area contributed by atoms with Gasteiger partial charge in [-0.15, -0.1) is 0 Å². The van der Waals surface area contributed by atoms with E-state index in [0.29, 0.717) is 22.0 Å². The molecule has 3 rings (SSSR count). The predicted molar refractivity (Wildman–Crippen MR) is 107 cm³/mol. The van der Waals surface area contributed by atoms with Crippen LogP contribution in [0, 0.1) is 0 Å². The van der Waals surface area contributed by atoms with E-state index in [9.17, 15) is 9.59 Å². The largest absolute Gasteiger partial charge is 0.465 e. The van der Waals surface area contributed by atoms with Crippen LogP contribution in [0.1, 0.15) is 26.3 Å². The number of methoxy groups -OCH3 is 1. The van der Waals surface area contributed by atoms with E-state index in [-0.39, 0.29) is 16.9 Å². The van der Waals surface area contributed by atoms with Crippen molar-refractivity contribution >= 4 is 40.4 Å². The molecule has 0 aliphatic rings. The number of hydrogen-bond acceptors (Lipinski definition) is 5. The molecule has 0 aliphatic carbocycles. The summed E-state index contributed by atoms with van der Waals surface area (Å²) in [5, 5.41) is 3.79. The number of nitrogen functional groups attached to an aromatic ring is 1. The predicted octanol–water partition coefficient (Wildman–Crippen LogP) is 4.68. The van der Waals surface area contributed by atoms with Crippen LogP contribution in [0.4, 0.5) is 17.1 Å². The molecule has 0 heterocycles. The third-order valence-electron chi connectivity index (χ3n) is 3.98. The van der Waals surface area contributed by atoms with Gasteiger partial charge in [0.2, 0.25) is 0 Å². The first-order chi connectivity index (χ1) is 13.0. The van der Waals surface area contributed by atoms with Crippen LogP contribution in [-0.2, 0) is 4.74 Å². The minimum absolute atomic E-state index is 0.179. The third-order valence-corrected chi connectivity index (χ3v) is 4.23. The fourth-order valence-electron chi connectivity index (χ4n) is 2.59. The highest BCUT2D eigenvalue weighted by molar-refractivity contribution is 6.30. The Balaban J connectivity index is 1.96. The Labute approximate surface area is 161 Å². The summed E-state index contributed by atoms with van der Waals surface area (Å²) >= 11 is 5.89. The van der Waals surface area contributed by atoms with Crippen molar-refractivity contribution in [1.29, 1.82) is 0 Å². The molecule has 0 fully saturated rings. The number of nitrogens with one attached hydrogen (secondary N) is 1. The van der Waals surface area contributed by atoms with Crippen LogP contribution >= 0.6 is 11.6 Å².